The molecule has 0 radical (unpaired) electrons. The molecule has 2 unspecified atom stereocenters. The number of piperazine rings is 1. The highest BCUT2D eigenvalue weighted by atomic mass is 15.3. The Bertz CT molecular complexity index is 224. The summed E-state index contributed by atoms with van der Waals surface area (Å²) in [6.07, 6.45) is 9.42. The molecule has 0 aromatic rings. The summed E-state index contributed by atoms with van der Waals surface area (Å²) in [5, 5.41) is 0. The second-order valence-corrected chi connectivity index (χ2v) is 6.42. The van der Waals surface area contributed by atoms with Gasteiger partial charge in [-0.05, 0) is 19.8 Å². The fourth-order valence-corrected chi connectivity index (χ4v) is 3.23. The number of unbranched alkanes of at least 4 members (excludes halogenated alkanes) is 4. The summed E-state index contributed by atoms with van der Waals surface area (Å²) in [6.45, 7) is 12.6. The molecule has 1 saturated heterocycles. The molecule has 1 rings (SSSR count). The summed E-state index contributed by atoms with van der Waals surface area (Å²) in [5.74, 6) is 0. The quantitative estimate of drug-likeness (QED) is 0.625. The molecule has 120 valence electrons. The summed E-state index contributed by atoms with van der Waals surface area (Å²) in [5.41, 5.74) is 6.01. The van der Waals surface area contributed by atoms with E-state index in [0.717, 1.165) is 12.6 Å². The van der Waals surface area contributed by atoms with Crippen LogP contribution in [-0.2, 0) is 0 Å². The average molecular weight is 284 g/mol. The largest absolute Gasteiger partial charge is 0.329 e. The van der Waals surface area contributed by atoms with Crippen LogP contribution in [0.2, 0.25) is 0 Å². The number of nitrogens with zero attached hydrogens (tertiary/aromatic N) is 2. The third kappa shape index (κ3) is 6.11. The van der Waals surface area contributed by atoms with Crippen LogP contribution >= 0.6 is 0 Å². The predicted molar refractivity (Wildman–Crippen MR) is 89.1 cm³/mol. The highest BCUT2D eigenvalue weighted by molar-refractivity contribution is 4.81. The molecule has 1 aliphatic heterocycles. The standard InChI is InChI=1S/C17H37N3/c1-4-6-7-8-9-10-17(15-18)20-13-11-19(12-14-20)16(3)5-2/h16-17H,4-15,18H2,1-3H3. The summed E-state index contributed by atoms with van der Waals surface area (Å²) >= 11 is 0. The third-order valence-corrected chi connectivity index (χ3v) is 4.99. The maximum absolute atomic E-state index is 6.01. The molecule has 1 aliphatic rings. The summed E-state index contributed by atoms with van der Waals surface area (Å²) in [6, 6.07) is 1.36. The smallest absolute Gasteiger partial charge is 0.0219 e. The lowest BCUT2D eigenvalue weighted by Gasteiger charge is -2.41. The highest BCUT2D eigenvalue weighted by Crippen LogP contribution is 2.15. The van der Waals surface area contributed by atoms with E-state index in [9.17, 15) is 0 Å². The van der Waals surface area contributed by atoms with Gasteiger partial charge in [-0.25, -0.2) is 0 Å². The molecule has 0 bridgehead atoms. The maximum Gasteiger partial charge on any atom is 0.0219 e. The zero-order chi connectivity index (χ0) is 14.8. The van der Waals surface area contributed by atoms with Crippen LogP contribution in [0, 0.1) is 0 Å². The molecule has 1 fully saturated rings. The van der Waals surface area contributed by atoms with Crippen molar-refractivity contribution in [2.24, 2.45) is 5.73 Å². The van der Waals surface area contributed by atoms with Gasteiger partial charge < -0.3 is 5.73 Å². The second-order valence-electron chi connectivity index (χ2n) is 6.42. The van der Waals surface area contributed by atoms with E-state index in [4.69, 9.17) is 5.73 Å². The van der Waals surface area contributed by atoms with Crippen molar-refractivity contribution >= 4 is 0 Å². The second kappa shape index (κ2) is 10.6. The van der Waals surface area contributed by atoms with E-state index in [0.29, 0.717) is 6.04 Å². The van der Waals surface area contributed by atoms with Crippen molar-refractivity contribution in [3.05, 3.63) is 0 Å². The molecule has 0 aromatic heterocycles. The van der Waals surface area contributed by atoms with Crippen LogP contribution in [0.25, 0.3) is 0 Å². The molecule has 2 atom stereocenters. The lowest BCUT2D eigenvalue weighted by molar-refractivity contribution is 0.0710. The van der Waals surface area contributed by atoms with Crippen molar-refractivity contribution in [3.63, 3.8) is 0 Å². The molecule has 0 aliphatic carbocycles. The lowest BCUT2D eigenvalue weighted by Crippen LogP contribution is -2.54. The molecule has 2 N–H and O–H groups in total. The van der Waals surface area contributed by atoms with Crippen molar-refractivity contribution in [3.8, 4) is 0 Å². The SMILES string of the molecule is CCCCCCCC(CN)N1CCN(C(C)CC)CC1. The van der Waals surface area contributed by atoms with E-state index >= 15 is 0 Å². The van der Waals surface area contributed by atoms with Crippen LogP contribution in [0.4, 0.5) is 0 Å². The molecule has 0 saturated carbocycles. The van der Waals surface area contributed by atoms with Gasteiger partial charge in [-0.3, -0.25) is 9.80 Å². The Labute approximate surface area is 126 Å². The minimum Gasteiger partial charge on any atom is -0.329 e. The average Bonchev–Trinajstić information content (AvgIpc) is 2.50. The van der Waals surface area contributed by atoms with Crippen LogP contribution in [0.1, 0.15) is 65.7 Å². The fraction of sp³-hybridized carbons (Fsp3) is 1.00. The lowest BCUT2D eigenvalue weighted by atomic mass is 10.0. The van der Waals surface area contributed by atoms with Crippen LogP contribution in [0.5, 0.6) is 0 Å². The van der Waals surface area contributed by atoms with Crippen molar-refractivity contribution in [2.75, 3.05) is 32.7 Å². The van der Waals surface area contributed by atoms with E-state index in [1.54, 1.807) is 0 Å². The Morgan fingerprint density at radius 3 is 2.05 bits per heavy atom. The molecule has 1 heterocycles. The van der Waals surface area contributed by atoms with Crippen LogP contribution < -0.4 is 5.73 Å². The van der Waals surface area contributed by atoms with Gasteiger partial charge >= 0.3 is 0 Å². The van der Waals surface area contributed by atoms with Crippen LogP contribution in [0.15, 0.2) is 0 Å². The Morgan fingerprint density at radius 1 is 0.900 bits per heavy atom. The first-order valence-corrected chi connectivity index (χ1v) is 8.91. The molecule has 0 spiro atoms. The summed E-state index contributed by atoms with van der Waals surface area (Å²) < 4.78 is 0. The normalized spacial score (nSPS) is 21.0. The van der Waals surface area contributed by atoms with E-state index in [1.165, 1.54) is 71.1 Å². The van der Waals surface area contributed by atoms with Crippen LogP contribution in [0.3, 0.4) is 0 Å². The maximum atomic E-state index is 6.01. The van der Waals surface area contributed by atoms with Gasteiger partial charge in [0.05, 0.1) is 0 Å². The first-order chi connectivity index (χ1) is 9.72. The minimum atomic E-state index is 0.621. The van der Waals surface area contributed by atoms with Crippen molar-refractivity contribution in [1.29, 1.82) is 0 Å². The molecule has 0 aromatic carbocycles. The van der Waals surface area contributed by atoms with Gasteiger partial charge in [0.1, 0.15) is 0 Å². The van der Waals surface area contributed by atoms with Gasteiger partial charge in [0.15, 0.2) is 0 Å². The van der Waals surface area contributed by atoms with Crippen molar-refractivity contribution in [2.45, 2.75) is 77.8 Å². The first-order valence-electron chi connectivity index (χ1n) is 8.91. The van der Waals surface area contributed by atoms with Crippen molar-refractivity contribution < 1.29 is 0 Å². The minimum absolute atomic E-state index is 0.621. The first kappa shape index (κ1) is 17.9. The van der Waals surface area contributed by atoms with Gasteiger partial charge in [-0.1, -0.05) is 46.0 Å². The Morgan fingerprint density at radius 2 is 1.50 bits per heavy atom. The Hall–Kier alpha value is -0.120. The van der Waals surface area contributed by atoms with E-state index < -0.39 is 0 Å². The van der Waals surface area contributed by atoms with Gasteiger partial charge in [-0.15, -0.1) is 0 Å². The monoisotopic (exact) mass is 283 g/mol. The zero-order valence-corrected chi connectivity index (χ0v) is 14.1. The van der Waals surface area contributed by atoms with E-state index in [-0.39, 0.29) is 0 Å². The summed E-state index contributed by atoms with van der Waals surface area (Å²) in [7, 11) is 0. The van der Waals surface area contributed by atoms with Crippen LogP contribution in [-0.4, -0.2) is 54.6 Å². The van der Waals surface area contributed by atoms with E-state index in [1.807, 2.05) is 0 Å². The molecule has 3 heteroatoms. The molecule has 3 nitrogen and oxygen atoms in total. The zero-order valence-electron chi connectivity index (χ0n) is 14.1. The summed E-state index contributed by atoms with van der Waals surface area (Å²) in [4.78, 5) is 5.27. The van der Waals surface area contributed by atoms with Gasteiger partial charge in [0.2, 0.25) is 0 Å². The number of nitrogens with two attached hydrogens (primary N) is 1. The Kier molecular flexibility index (Phi) is 9.49. The van der Waals surface area contributed by atoms with Gasteiger partial charge in [0.25, 0.3) is 0 Å². The molecular formula is C17H37N3. The Balaban J connectivity index is 2.22. The topological polar surface area (TPSA) is 32.5 Å². The molecular weight excluding hydrogens is 246 g/mol. The highest BCUT2D eigenvalue weighted by Gasteiger charge is 2.24. The molecule has 0 amide bonds. The molecule has 20 heavy (non-hydrogen) atoms. The third-order valence-electron chi connectivity index (χ3n) is 4.99. The number of hydrogen-bond acceptors (Lipinski definition) is 3. The van der Waals surface area contributed by atoms with E-state index in [2.05, 4.69) is 30.6 Å². The fourth-order valence-electron chi connectivity index (χ4n) is 3.23. The van der Waals surface area contributed by atoms with Gasteiger partial charge in [-0.2, -0.15) is 0 Å². The van der Waals surface area contributed by atoms with Crippen molar-refractivity contribution in [1.82, 2.24) is 9.80 Å². The number of hydrogen-bond donors (Lipinski definition) is 1. The predicted octanol–water partition coefficient (Wildman–Crippen LogP) is 3.09. The van der Waals surface area contributed by atoms with Gasteiger partial charge in [0, 0.05) is 44.8 Å². The number of rotatable bonds is 10.